The maximum absolute atomic E-state index is 5.50. The van der Waals surface area contributed by atoms with Crippen LogP contribution in [0.2, 0.25) is 0 Å². The van der Waals surface area contributed by atoms with Crippen LogP contribution >= 0.6 is 12.4 Å². The van der Waals surface area contributed by atoms with Gasteiger partial charge in [-0.05, 0) is 50.9 Å². The molecule has 25 heavy (non-hydrogen) atoms. The number of para-hydroxylation sites is 2. The quantitative estimate of drug-likeness (QED) is 0.887. The summed E-state index contributed by atoms with van der Waals surface area (Å²) in [6.07, 6.45) is 7.08. The minimum atomic E-state index is 0. The summed E-state index contributed by atoms with van der Waals surface area (Å²) >= 11 is 0. The molecule has 2 aliphatic rings. The lowest BCUT2D eigenvalue weighted by Crippen LogP contribution is -2.46. The molecule has 2 aliphatic heterocycles. The van der Waals surface area contributed by atoms with E-state index in [1.165, 1.54) is 31.4 Å². The van der Waals surface area contributed by atoms with E-state index < -0.39 is 0 Å². The average molecular weight is 363 g/mol. The second-order valence-corrected chi connectivity index (χ2v) is 7.08. The number of nitrogens with one attached hydrogen (secondary N) is 1. The van der Waals surface area contributed by atoms with Crippen molar-refractivity contribution in [1.82, 2.24) is 20.0 Å². The molecule has 5 nitrogen and oxygen atoms in total. The maximum atomic E-state index is 5.50. The van der Waals surface area contributed by atoms with E-state index in [9.17, 15) is 0 Å². The van der Waals surface area contributed by atoms with E-state index in [0.717, 1.165) is 30.1 Å². The van der Waals surface area contributed by atoms with Crippen molar-refractivity contribution in [3.63, 3.8) is 0 Å². The van der Waals surface area contributed by atoms with Gasteiger partial charge in [0, 0.05) is 30.9 Å². The maximum Gasteiger partial charge on any atom is 0.144 e. The summed E-state index contributed by atoms with van der Waals surface area (Å²) in [4.78, 5) is 2.50. The highest BCUT2D eigenvalue weighted by molar-refractivity contribution is 5.85. The fraction of sp³-hybridized carbons (Fsp3) is 0.526. The van der Waals surface area contributed by atoms with Gasteiger partial charge in [0.2, 0.25) is 0 Å². The van der Waals surface area contributed by atoms with Gasteiger partial charge in [-0.3, -0.25) is 4.90 Å². The number of benzene rings is 1. The van der Waals surface area contributed by atoms with Gasteiger partial charge in [0.15, 0.2) is 0 Å². The van der Waals surface area contributed by atoms with Crippen molar-refractivity contribution >= 4 is 12.4 Å². The third kappa shape index (κ3) is 3.68. The minimum absolute atomic E-state index is 0. The Labute approximate surface area is 155 Å². The minimum Gasteiger partial charge on any atom is -0.494 e. The molecule has 2 aromatic rings. The Morgan fingerprint density at radius 3 is 2.64 bits per heavy atom. The summed E-state index contributed by atoms with van der Waals surface area (Å²) in [7, 11) is 3.95. The average Bonchev–Trinajstić information content (AvgIpc) is 3.20. The highest BCUT2D eigenvalue weighted by Gasteiger charge is 2.35. The first-order chi connectivity index (χ1) is 11.7. The van der Waals surface area contributed by atoms with Crippen LogP contribution in [0.15, 0.2) is 36.5 Å². The van der Waals surface area contributed by atoms with Crippen LogP contribution in [0.25, 0.3) is 5.69 Å². The van der Waals surface area contributed by atoms with Crippen LogP contribution in [0.3, 0.4) is 0 Å². The Morgan fingerprint density at radius 1 is 1.20 bits per heavy atom. The second kappa shape index (κ2) is 7.77. The van der Waals surface area contributed by atoms with Crippen molar-refractivity contribution in [2.75, 3.05) is 14.2 Å². The standard InChI is InChI=1S/C19H26N4O.ClH/c1-22(17-11-14-7-8-15(12-17)21-14)13-16-9-10-20-23(16)18-5-3-4-6-19(18)24-2;/h3-6,9-10,14-15,17,21H,7-8,11-13H2,1-2H3;1H. The van der Waals surface area contributed by atoms with Crippen molar-refractivity contribution in [3.8, 4) is 11.4 Å². The molecular formula is C19H27ClN4O. The van der Waals surface area contributed by atoms with Crippen LogP contribution in [-0.4, -0.2) is 47.0 Å². The molecule has 0 radical (unpaired) electrons. The largest absolute Gasteiger partial charge is 0.494 e. The van der Waals surface area contributed by atoms with E-state index in [1.807, 2.05) is 29.1 Å². The van der Waals surface area contributed by atoms with Crippen LogP contribution in [0.5, 0.6) is 5.75 Å². The SMILES string of the molecule is COc1ccccc1-n1nccc1CN(C)C1CC2CCC(C1)N2.Cl. The van der Waals surface area contributed by atoms with Gasteiger partial charge in [0.05, 0.1) is 12.8 Å². The number of hydrogen-bond acceptors (Lipinski definition) is 4. The lowest BCUT2D eigenvalue weighted by atomic mass is 9.98. The number of ether oxygens (including phenoxy) is 1. The van der Waals surface area contributed by atoms with E-state index in [-0.39, 0.29) is 12.4 Å². The van der Waals surface area contributed by atoms with Gasteiger partial charge in [0.1, 0.15) is 11.4 Å². The molecule has 2 atom stereocenters. The summed E-state index contributed by atoms with van der Waals surface area (Å²) in [5.41, 5.74) is 2.20. The molecule has 3 heterocycles. The molecule has 4 rings (SSSR count). The molecule has 0 spiro atoms. The number of rotatable bonds is 5. The predicted octanol–water partition coefficient (Wildman–Crippen LogP) is 3.02. The Kier molecular flexibility index (Phi) is 5.67. The Bertz CT molecular complexity index is 692. The van der Waals surface area contributed by atoms with Crippen LogP contribution in [-0.2, 0) is 6.54 Å². The molecule has 1 N–H and O–H groups in total. The van der Waals surface area contributed by atoms with Crippen molar-refractivity contribution in [1.29, 1.82) is 0 Å². The van der Waals surface area contributed by atoms with Gasteiger partial charge in [0.25, 0.3) is 0 Å². The summed E-state index contributed by atoms with van der Waals surface area (Å²) in [6, 6.07) is 12.3. The van der Waals surface area contributed by atoms with Crippen LogP contribution in [0.4, 0.5) is 0 Å². The van der Waals surface area contributed by atoms with Crippen LogP contribution in [0, 0.1) is 0 Å². The number of halogens is 1. The second-order valence-electron chi connectivity index (χ2n) is 7.08. The summed E-state index contributed by atoms with van der Waals surface area (Å²) < 4.78 is 7.50. The molecule has 2 bridgehead atoms. The molecule has 136 valence electrons. The lowest BCUT2D eigenvalue weighted by molar-refractivity contribution is 0.163. The number of hydrogen-bond donors (Lipinski definition) is 1. The number of aromatic nitrogens is 2. The zero-order valence-corrected chi connectivity index (χ0v) is 15.7. The fourth-order valence-electron chi connectivity index (χ4n) is 4.24. The fourth-order valence-corrected chi connectivity index (χ4v) is 4.24. The van der Waals surface area contributed by atoms with Gasteiger partial charge >= 0.3 is 0 Å². The van der Waals surface area contributed by atoms with E-state index in [1.54, 1.807) is 7.11 Å². The highest BCUT2D eigenvalue weighted by atomic mass is 35.5. The van der Waals surface area contributed by atoms with E-state index in [0.29, 0.717) is 6.04 Å². The molecule has 6 heteroatoms. The highest BCUT2D eigenvalue weighted by Crippen LogP contribution is 2.30. The van der Waals surface area contributed by atoms with Crippen molar-refractivity contribution in [3.05, 3.63) is 42.2 Å². The molecule has 1 aromatic carbocycles. The molecule has 2 unspecified atom stereocenters. The predicted molar refractivity (Wildman–Crippen MR) is 102 cm³/mol. The zero-order valence-electron chi connectivity index (χ0n) is 14.9. The van der Waals surface area contributed by atoms with E-state index in [2.05, 4.69) is 34.5 Å². The number of piperidine rings is 1. The third-order valence-corrected chi connectivity index (χ3v) is 5.52. The molecule has 0 aliphatic carbocycles. The zero-order chi connectivity index (χ0) is 16.5. The van der Waals surface area contributed by atoms with Gasteiger partial charge < -0.3 is 10.1 Å². The van der Waals surface area contributed by atoms with Crippen LogP contribution < -0.4 is 10.1 Å². The van der Waals surface area contributed by atoms with E-state index in [4.69, 9.17) is 4.74 Å². The van der Waals surface area contributed by atoms with Crippen LogP contribution in [0.1, 0.15) is 31.4 Å². The molecule has 0 amide bonds. The monoisotopic (exact) mass is 362 g/mol. The topological polar surface area (TPSA) is 42.3 Å². The number of methoxy groups -OCH3 is 1. The molecular weight excluding hydrogens is 336 g/mol. The first-order valence-electron chi connectivity index (χ1n) is 8.87. The lowest BCUT2D eigenvalue weighted by Gasteiger charge is -2.35. The van der Waals surface area contributed by atoms with Crippen molar-refractivity contribution < 1.29 is 4.74 Å². The Balaban J connectivity index is 0.00000182. The molecule has 0 saturated carbocycles. The molecule has 2 saturated heterocycles. The molecule has 1 aromatic heterocycles. The summed E-state index contributed by atoms with van der Waals surface area (Å²) in [5, 5.41) is 8.26. The summed E-state index contributed by atoms with van der Waals surface area (Å²) in [5.74, 6) is 0.852. The molecule has 2 fully saturated rings. The van der Waals surface area contributed by atoms with Crippen molar-refractivity contribution in [2.24, 2.45) is 0 Å². The number of fused-ring (bicyclic) bond motifs is 2. The number of nitrogens with zero attached hydrogens (tertiary/aromatic N) is 3. The Morgan fingerprint density at radius 2 is 1.92 bits per heavy atom. The third-order valence-electron chi connectivity index (χ3n) is 5.52. The van der Waals surface area contributed by atoms with Gasteiger partial charge in [-0.1, -0.05) is 12.1 Å². The van der Waals surface area contributed by atoms with Gasteiger partial charge in [-0.25, -0.2) is 4.68 Å². The van der Waals surface area contributed by atoms with E-state index >= 15 is 0 Å². The van der Waals surface area contributed by atoms with Gasteiger partial charge in [-0.15, -0.1) is 12.4 Å². The van der Waals surface area contributed by atoms with Crippen molar-refractivity contribution in [2.45, 2.75) is 50.4 Å². The van der Waals surface area contributed by atoms with Gasteiger partial charge in [-0.2, -0.15) is 5.10 Å². The smallest absolute Gasteiger partial charge is 0.144 e. The first kappa shape index (κ1) is 18.2. The summed E-state index contributed by atoms with van der Waals surface area (Å²) in [6.45, 7) is 0.905. The first-order valence-corrected chi connectivity index (χ1v) is 8.87. The normalized spacial score (nSPS) is 25.0. The Hall–Kier alpha value is -1.56.